The Hall–Kier alpha value is -0.780. The first-order chi connectivity index (χ1) is 24.6. The first-order valence-corrected chi connectivity index (χ1v) is 20.1. The fourth-order valence-corrected chi connectivity index (χ4v) is 12.7. The van der Waals surface area contributed by atoms with Crippen LogP contribution < -0.4 is 5.32 Å². The third-order valence-electron chi connectivity index (χ3n) is 15.9. The van der Waals surface area contributed by atoms with Crippen LogP contribution >= 0.6 is 0 Å². The molecule has 4 aliphatic heterocycles. The quantitative estimate of drug-likeness (QED) is 0.186. The average molecular weight is 738 g/mol. The van der Waals surface area contributed by atoms with Gasteiger partial charge in [0, 0.05) is 17.9 Å². The van der Waals surface area contributed by atoms with E-state index in [2.05, 4.69) is 39.1 Å². The highest BCUT2D eigenvalue weighted by Gasteiger charge is 2.70. The van der Waals surface area contributed by atoms with Gasteiger partial charge >= 0.3 is 0 Å². The van der Waals surface area contributed by atoms with Crippen LogP contribution in [0.5, 0.6) is 0 Å². The molecule has 13 nitrogen and oxygen atoms in total. The highest BCUT2D eigenvalue weighted by atomic mass is 16.7. The Labute approximate surface area is 307 Å². The average Bonchev–Trinajstić information content (AvgIpc) is 3.57. The Morgan fingerprint density at radius 2 is 1.58 bits per heavy atom. The van der Waals surface area contributed by atoms with Gasteiger partial charge in [-0.05, 0) is 93.3 Å². The molecule has 52 heavy (non-hydrogen) atoms. The number of nitrogens with one attached hydrogen (secondary N) is 1. The number of rotatable bonds is 5. The Kier molecular flexibility index (Phi) is 10.0. The first kappa shape index (κ1) is 38.1. The topological polar surface area (TPSA) is 200 Å². The van der Waals surface area contributed by atoms with Crippen molar-refractivity contribution in [3.05, 3.63) is 11.6 Å². The normalized spacial score (nSPS) is 58.9. The smallest absolute Gasteiger partial charge is 0.187 e. The zero-order valence-electron chi connectivity index (χ0n) is 31.3. The lowest BCUT2D eigenvalue weighted by Gasteiger charge is -2.60. The molecule has 0 radical (unpaired) electrons. The summed E-state index contributed by atoms with van der Waals surface area (Å²) >= 11 is 0. The monoisotopic (exact) mass is 737 g/mol. The molecule has 0 aromatic carbocycles. The molecule has 8 aliphatic rings. The van der Waals surface area contributed by atoms with Crippen molar-refractivity contribution in [1.29, 1.82) is 0 Å². The van der Waals surface area contributed by atoms with Crippen molar-refractivity contribution in [2.75, 3.05) is 13.2 Å². The van der Waals surface area contributed by atoms with Crippen LogP contribution in [0.1, 0.15) is 86.0 Å². The molecule has 1 spiro atoms. The number of fused-ring (bicyclic) bond motifs is 7. The van der Waals surface area contributed by atoms with Crippen LogP contribution in [0.2, 0.25) is 0 Å². The van der Waals surface area contributed by atoms with E-state index in [-0.39, 0.29) is 28.8 Å². The Morgan fingerprint density at radius 3 is 2.29 bits per heavy atom. The predicted molar refractivity (Wildman–Crippen MR) is 185 cm³/mol. The third kappa shape index (κ3) is 5.74. The van der Waals surface area contributed by atoms with Crippen LogP contribution in [0.4, 0.5) is 0 Å². The van der Waals surface area contributed by atoms with Crippen molar-refractivity contribution in [2.24, 2.45) is 46.3 Å². The minimum absolute atomic E-state index is 0.0915. The van der Waals surface area contributed by atoms with E-state index in [9.17, 15) is 35.7 Å². The molecule has 8 rings (SSSR count). The summed E-state index contributed by atoms with van der Waals surface area (Å²) in [6.07, 6.45) is -4.53. The predicted octanol–water partition coefficient (Wildman–Crippen LogP) is 0.934. The number of hydrogen-bond donors (Lipinski definition) is 8. The molecule has 4 aliphatic carbocycles. The van der Waals surface area contributed by atoms with Gasteiger partial charge in [-0.3, -0.25) is 5.32 Å². The number of hydrogen-bond acceptors (Lipinski definition) is 13. The summed E-state index contributed by atoms with van der Waals surface area (Å²) in [6.45, 7) is 11.3. The van der Waals surface area contributed by atoms with Crippen molar-refractivity contribution in [3.63, 3.8) is 0 Å². The number of aliphatic hydroxyl groups excluding tert-OH is 7. The zero-order valence-corrected chi connectivity index (χ0v) is 31.3. The number of allylic oxidation sites excluding steroid dienone is 1. The van der Waals surface area contributed by atoms with Crippen molar-refractivity contribution < 1.29 is 59.4 Å². The molecular weight excluding hydrogens is 674 g/mol. The minimum Gasteiger partial charge on any atom is -0.394 e. The molecular formula is C39H63NO12. The van der Waals surface area contributed by atoms with Gasteiger partial charge < -0.3 is 59.4 Å². The van der Waals surface area contributed by atoms with Gasteiger partial charge in [0.2, 0.25) is 0 Å². The molecule has 22 unspecified atom stereocenters. The molecule has 4 heterocycles. The zero-order chi connectivity index (χ0) is 37.1. The first-order valence-electron chi connectivity index (χ1n) is 20.1. The molecule has 0 aromatic heterocycles. The highest BCUT2D eigenvalue weighted by molar-refractivity contribution is 5.27. The van der Waals surface area contributed by atoms with Crippen LogP contribution in [0, 0.1) is 46.3 Å². The van der Waals surface area contributed by atoms with Gasteiger partial charge in [0.25, 0.3) is 0 Å². The fraction of sp³-hybridized carbons (Fsp3) is 0.949. The van der Waals surface area contributed by atoms with Gasteiger partial charge in [-0.15, -0.1) is 0 Å². The van der Waals surface area contributed by atoms with Crippen molar-refractivity contribution >= 4 is 0 Å². The minimum atomic E-state index is -1.62. The molecule has 7 fully saturated rings. The van der Waals surface area contributed by atoms with Crippen molar-refractivity contribution in [1.82, 2.24) is 5.32 Å². The largest absolute Gasteiger partial charge is 0.394 e. The second kappa shape index (κ2) is 13.7. The van der Waals surface area contributed by atoms with E-state index in [1.165, 1.54) is 18.9 Å². The van der Waals surface area contributed by atoms with Crippen LogP contribution in [-0.4, -0.2) is 134 Å². The summed E-state index contributed by atoms with van der Waals surface area (Å²) in [7, 11) is 0. The molecule has 3 saturated carbocycles. The van der Waals surface area contributed by atoms with E-state index in [1.54, 1.807) is 0 Å². The lowest BCUT2D eigenvalue weighted by atomic mass is 9.46. The van der Waals surface area contributed by atoms with E-state index in [1.807, 2.05) is 0 Å². The van der Waals surface area contributed by atoms with Gasteiger partial charge in [-0.1, -0.05) is 39.3 Å². The number of piperidine rings is 1. The van der Waals surface area contributed by atoms with E-state index >= 15 is 0 Å². The van der Waals surface area contributed by atoms with Crippen LogP contribution in [0.15, 0.2) is 11.6 Å². The maximum absolute atomic E-state index is 12.2. The molecule has 0 aromatic rings. The third-order valence-corrected chi connectivity index (χ3v) is 15.9. The van der Waals surface area contributed by atoms with Gasteiger partial charge in [-0.2, -0.15) is 0 Å². The van der Waals surface area contributed by atoms with E-state index in [0.717, 1.165) is 38.6 Å². The van der Waals surface area contributed by atoms with Crippen LogP contribution in [0.25, 0.3) is 0 Å². The highest BCUT2D eigenvalue weighted by Crippen LogP contribution is 2.70. The molecule has 22 atom stereocenters. The van der Waals surface area contributed by atoms with E-state index < -0.39 is 74.1 Å². The Balaban J connectivity index is 0.930. The molecule has 8 N–H and O–H groups in total. The van der Waals surface area contributed by atoms with Crippen LogP contribution in [0.3, 0.4) is 0 Å². The molecule has 0 bridgehead atoms. The lowest BCUT2D eigenvalue weighted by Crippen LogP contribution is -2.64. The number of aliphatic hydroxyl groups is 7. The maximum Gasteiger partial charge on any atom is 0.187 e. The Bertz CT molecular complexity index is 1340. The summed E-state index contributed by atoms with van der Waals surface area (Å²) in [5.41, 5.74) is 0.757. The maximum atomic E-state index is 12.2. The second-order valence-corrected chi connectivity index (χ2v) is 18.5. The molecule has 0 amide bonds. The summed E-state index contributed by atoms with van der Waals surface area (Å²) in [4.78, 5) is 0. The fourth-order valence-electron chi connectivity index (χ4n) is 12.7. The summed E-state index contributed by atoms with van der Waals surface area (Å²) in [6, 6.07) is 0. The lowest BCUT2D eigenvalue weighted by molar-refractivity contribution is -0.360. The summed E-state index contributed by atoms with van der Waals surface area (Å²) in [5, 5.41) is 79.1. The summed E-state index contributed by atoms with van der Waals surface area (Å²) in [5.74, 6) is 2.51. The SMILES string of the molecule is CC1CCC2(NC1)OC1CC3C4CC=C5CC(OC6OC(CO)C(OC7OC(C)C(O)C(O)C7O)C(O)C6O)CCC5(C)C4CC(O)C3(C)C1C2C. The van der Waals surface area contributed by atoms with Crippen molar-refractivity contribution in [3.8, 4) is 0 Å². The van der Waals surface area contributed by atoms with Gasteiger partial charge in [-0.25, -0.2) is 0 Å². The van der Waals surface area contributed by atoms with Crippen molar-refractivity contribution in [2.45, 2.75) is 171 Å². The summed E-state index contributed by atoms with van der Waals surface area (Å²) < 4.78 is 30.6. The molecule has 13 heteroatoms. The second-order valence-electron chi connectivity index (χ2n) is 18.5. The van der Waals surface area contributed by atoms with E-state index in [4.69, 9.17) is 23.7 Å². The van der Waals surface area contributed by atoms with Gasteiger partial charge in [0.05, 0.1) is 31.0 Å². The standard InChI is InChI=1S/C39H63NO12/c1-17-8-11-39(40-15-17)18(2)28-25(52-39)13-24-22-7-6-20-12-21(9-10-37(20,4)23(22)14-27(42)38(24,28)5)49-36-33(47)31(45)34(26(16-41)50-36)51-35-32(46)30(44)29(43)19(3)48-35/h6,17-19,21-36,40-47H,7-16H2,1-5H3. The molecule has 4 saturated heterocycles. The van der Waals surface area contributed by atoms with Gasteiger partial charge in [0.1, 0.15) is 48.5 Å². The van der Waals surface area contributed by atoms with Crippen LogP contribution in [-0.2, 0) is 23.7 Å². The van der Waals surface area contributed by atoms with Gasteiger partial charge in [0.15, 0.2) is 12.6 Å². The Morgan fingerprint density at radius 1 is 0.846 bits per heavy atom. The molecule has 296 valence electrons. The number of ether oxygens (including phenoxy) is 5. The van der Waals surface area contributed by atoms with E-state index in [0.29, 0.717) is 48.3 Å².